The number of esters is 1. The summed E-state index contributed by atoms with van der Waals surface area (Å²) in [5.74, 6) is -1.09. The lowest BCUT2D eigenvalue weighted by atomic mass is 10.1. The fraction of sp³-hybridized carbons (Fsp3) is 0.222. The lowest BCUT2D eigenvalue weighted by Crippen LogP contribution is -2.31. The van der Waals surface area contributed by atoms with E-state index in [0.717, 1.165) is 5.56 Å². The molecule has 132 valence electrons. The second-order valence-corrected chi connectivity index (χ2v) is 6.41. The molecule has 0 unspecified atom stereocenters. The van der Waals surface area contributed by atoms with Gasteiger partial charge in [-0.1, -0.05) is 41.4 Å². The molecule has 25 heavy (non-hydrogen) atoms. The fourth-order valence-corrected chi connectivity index (χ4v) is 2.85. The van der Waals surface area contributed by atoms with E-state index in [9.17, 15) is 9.59 Å². The highest BCUT2D eigenvalue weighted by atomic mass is 35.5. The van der Waals surface area contributed by atoms with Crippen molar-refractivity contribution in [3.05, 3.63) is 63.1 Å². The van der Waals surface area contributed by atoms with Gasteiger partial charge in [0.05, 0.1) is 11.6 Å². The van der Waals surface area contributed by atoms with Gasteiger partial charge in [0.25, 0.3) is 5.91 Å². The molecule has 0 radical (unpaired) electrons. The number of carbonyl (C=O) groups excluding carboxylic acids is 2. The van der Waals surface area contributed by atoms with Gasteiger partial charge in [-0.2, -0.15) is 0 Å². The van der Waals surface area contributed by atoms with Crippen LogP contribution in [0.5, 0.6) is 0 Å². The summed E-state index contributed by atoms with van der Waals surface area (Å²) in [4.78, 5) is 24.1. The molecule has 0 fully saturated rings. The number of amides is 1. The SMILES string of the molecule is Cc1cccc(C(=O)OCC(=O)N[C@@H](C)c2ccc(Cl)cc2Cl)c1N. The van der Waals surface area contributed by atoms with Gasteiger partial charge in [0, 0.05) is 15.7 Å². The van der Waals surface area contributed by atoms with Crippen molar-refractivity contribution in [3.63, 3.8) is 0 Å². The van der Waals surface area contributed by atoms with E-state index < -0.39 is 18.5 Å². The Morgan fingerprint density at radius 3 is 2.64 bits per heavy atom. The van der Waals surface area contributed by atoms with Gasteiger partial charge in [-0.15, -0.1) is 0 Å². The topological polar surface area (TPSA) is 81.4 Å². The number of aryl methyl sites for hydroxylation is 1. The molecule has 2 rings (SSSR count). The zero-order valence-corrected chi connectivity index (χ0v) is 15.3. The van der Waals surface area contributed by atoms with Crippen molar-refractivity contribution < 1.29 is 14.3 Å². The van der Waals surface area contributed by atoms with Gasteiger partial charge in [0.15, 0.2) is 6.61 Å². The molecule has 5 nitrogen and oxygen atoms in total. The van der Waals surface area contributed by atoms with Gasteiger partial charge < -0.3 is 15.8 Å². The standard InChI is InChI=1S/C18H18Cl2N2O3/c1-10-4-3-5-14(17(10)21)18(24)25-9-16(23)22-11(2)13-7-6-12(19)8-15(13)20/h3-8,11H,9,21H2,1-2H3,(H,22,23)/t11-/m0/s1. The summed E-state index contributed by atoms with van der Waals surface area (Å²) >= 11 is 12.0. The summed E-state index contributed by atoms with van der Waals surface area (Å²) < 4.78 is 5.03. The summed E-state index contributed by atoms with van der Waals surface area (Å²) in [6.45, 7) is 3.14. The second-order valence-electron chi connectivity index (χ2n) is 5.57. The van der Waals surface area contributed by atoms with Gasteiger partial charge >= 0.3 is 5.97 Å². The van der Waals surface area contributed by atoms with Crippen LogP contribution < -0.4 is 11.1 Å². The summed E-state index contributed by atoms with van der Waals surface area (Å²) in [5, 5.41) is 3.67. The summed E-state index contributed by atoms with van der Waals surface area (Å²) in [6, 6.07) is 9.70. The Balaban J connectivity index is 1.94. The van der Waals surface area contributed by atoms with Gasteiger partial charge in [-0.3, -0.25) is 4.79 Å². The highest BCUT2D eigenvalue weighted by Crippen LogP contribution is 2.26. The smallest absolute Gasteiger partial charge is 0.340 e. The predicted molar refractivity (Wildman–Crippen MR) is 98.9 cm³/mol. The normalized spacial score (nSPS) is 11.7. The van der Waals surface area contributed by atoms with Crippen LogP contribution >= 0.6 is 23.2 Å². The summed E-state index contributed by atoms with van der Waals surface area (Å²) in [5.41, 5.74) is 7.91. The van der Waals surface area contributed by atoms with E-state index in [1.807, 2.05) is 0 Å². The van der Waals surface area contributed by atoms with Gasteiger partial charge in [0.2, 0.25) is 0 Å². The maximum Gasteiger partial charge on any atom is 0.340 e. The third-order valence-corrected chi connectivity index (χ3v) is 4.25. The molecular formula is C18H18Cl2N2O3. The van der Waals surface area contributed by atoms with Crippen LogP contribution in [0.25, 0.3) is 0 Å². The Morgan fingerprint density at radius 1 is 1.24 bits per heavy atom. The number of halogens is 2. The van der Waals surface area contributed by atoms with Crippen LogP contribution in [0, 0.1) is 6.92 Å². The maximum absolute atomic E-state index is 12.1. The first-order valence-corrected chi connectivity index (χ1v) is 8.31. The Bertz CT molecular complexity index is 809. The van der Waals surface area contributed by atoms with Crippen LogP contribution in [0.1, 0.15) is 34.5 Å². The zero-order chi connectivity index (χ0) is 18.6. The summed E-state index contributed by atoms with van der Waals surface area (Å²) in [6.07, 6.45) is 0. The van der Waals surface area contributed by atoms with Crippen LogP contribution in [0.2, 0.25) is 10.0 Å². The van der Waals surface area contributed by atoms with E-state index >= 15 is 0 Å². The number of rotatable bonds is 5. The van der Waals surface area contributed by atoms with Crippen molar-refractivity contribution in [1.29, 1.82) is 0 Å². The molecule has 2 aromatic rings. The molecule has 0 heterocycles. The Labute approximate surface area is 156 Å². The number of ether oxygens (including phenoxy) is 1. The van der Waals surface area contributed by atoms with E-state index in [-0.39, 0.29) is 11.6 Å². The second kappa shape index (κ2) is 8.23. The first-order chi connectivity index (χ1) is 11.8. The average Bonchev–Trinajstić information content (AvgIpc) is 2.55. The number of benzene rings is 2. The van der Waals surface area contributed by atoms with Crippen LogP contribution in [-0.2, 0) is 9.53 Å². The van der Waals surface area contributed by atoms with E-state index in [1.165, 1.54) is 0 Å². The number of nitrogens with two attached hydrogens (primary N) is 1. The van der Waals surface area contributed by atoms with Crippen LogP contribution in [0.4, 0.5) is 5.69 Å². The Hall–Kier alpha value is -2.24. The van der Waals surface area contributed by atoms with Crippen molar-refractivity contribution in [2.75, 3.05) is 12.3 Å². The molecule has 0 saturated carbocycles. The molecular weight excluding hydrogens is 363 g/mol. The number of nitrogen functional groups attached to an aromatic ring is 1. The minimum Gasteiger partial charge on any atom is -0.452 e. The van der Waals surface area contributed by atoms with Crippen molar-refractivity contribution in [3.8, 4) is 0 Å². The maximum atomic E-state index is 12.1. The van der Waals surface area contributed by atoms with E-state index in [1.54, 1.807) is 50.2 Å². The third-order valence-electron chi connectivity index (χ3n) is 3.68. The number of carbonyl (C=O) groups is 2. The minimum absolute atomic E-state index is 0.238. The monoisotopic (exact) mass is 380 g/mol. The van der Waals surface area contributed by atoms with Crippen molar-refractivity contribution in [1.82, 2.24) is 5.32 Å². The molecule has 0 spiro atoms. The minimum atomic E-state index is -0.645. The van der Waals surface area contributed by atoms with Crippen LogP contribution in [-0.4, -0.2) is 18.5 Å². The molecule has 0 aliphatic rings. The molecule has 0 aliphatic heterocycles. The number of anilines is 1. The molecule has 1 atom stereocenters. The van der Waals surface area contributed by atoms with E-state index in [2.05, 4.69) is 5.32 Å². The largest absolute Gasteiger partial charge is 0.452 e. The number of para-hydroxylation sites is 1. The lowest BCUT2D eigenvalue weighted by molar-refractivity contribution is -0.124. The first-order valence-electron chi connectivity index (χ1n) is 7.56. The zero-order valence-electron chi connectivity index (χ0n) is 13.8. The highest BCUT2D eigenvalue weighted by molar-refractivity contribution is 6.35. The summed E-state index contributed by atoms with van der Waals surface area (Å²) in [7, 11) is 0. The van der Waals surface area contributed by atoms with Crippen LogP contribution in [0.3, 0.4) is 0 Å². The van der Waals surface area contributed by atoms with Crippen molar-refractivity contribution in [2.24, 2.45) is 0 Å². The van der Waals surface area contributed by atoms with Gasteiger partial charge in [-0.25, -0.2) is 4.79 Å². The molecule has 1 amide bonds. The van der Waals surface area contributed by atoms with Crippen molar-refractivity contribution >= 4 is 40.8 Å². The predicted octanol–water partition coefficient (Wildman–Crippen LogP) is 3.92. The van der Waals surface area contributed by atoms with Gasteiger partial charge in [-0.05, 0) is 43.2 Å². The molecule has 0 aromatic heterocycles. The Kier molecular flexibility index (Phi) is 6.28. The van der Waals surface area contributed by atoms with Crippen molar-refractivity contribution in [2.45, 2.75) is 19.9 Å². The average molecular weight is 381 g/mol. The number of hydrogen-bond donors (Lipinski definition) is 2. The van der Waals surface area contributed by atoms with E-state index in [0.29, 0.717) is 21.3 Å². The molecule has 0 aliphatic carbocycles. The van der Waals surface area contributed by atoms with E-state index in [4.69, 9.17) is 33.7 Å². The molecule has 2 aromatic carbocycles. The van der Waals surface area contributed by atoms with Gasteiger partial charge in [0.1, 0.15) is 0 Å². The first kappa shape index (κ1) is 19.1. The fourth-order valence-electron chi connectivity index (χ4n) is 2.28. The molecule has 3 N–H and O–H groups in total. The third kappa shape index (κ3) is 4.87. The lowest BCUT2D eigenvalue weighted by Gasteiger charge is -2.16. The molecule has 7 heteroatoms. The van der Waals surface area contributed by atoms with Crippen LogP contribution in [0.15, 0.2) is 36.4 Å². The molecule has 0 saturated heterocycles. The highest BCUT2D eigenvalue weighted by Gasteiger charge is 2.17. The Morgan fingerprint density at radius 2 is 1.96 bits per heavy atom. The number of hydrogen-bond acceptors (Lipinski definition) is 4. The molecule has 0 bridgehead atoms. The number of nitrogens with one attached hydrogen (secondary N) is 1. The quantitative estimate of drug-likeness (QED) is 0.608.